The van der Waals surface area contributed by atoms with Gasteiger partial charge in [-0.1, -0.05) is 30.3 Å². The van der Waals surface area contributed by atoms with Gasteiger partial charge in [0, 0.05) is 5.56 Å². The van der Waals surface area contributed by atoms with E-state index in [1.54, 1.807) is 22.0 Å². The maximum absolute atomic E-state index is 12.8. The zero-order chi connectivity index (χ0) is 13.1. The first kappa shape index (κ1) is 13.9. The maximum Gasteiger partial charge on any atom is 0.367 e. The standard InChI is InChI=1S/C11H7BrF4O/c12-11(15,16)10(13,14)7-6-9(17)8-4-2-1-3-5-8/h1-7H/b7-6+. The second kappa shape index (κ2) is 5.00. The molecule has 6 heteroatoms. The van der Waals surface area contributed by atoms with E-state index < -0.39 is 16.5 Å². The molecule has 0 radical (unpaired) electrons. The lowest BCUT2D eigenvalue weighted by molar-refractivity contribution is -0.111. The molecule has 1 rings (SSSR count). The van der Waals surface area contributed by atoms with Crippen LogP contribution in [-0.4, -0.2) is 16.5 Å². The number of ketones is 1. The molecule has 0 atom stereocenters. The largest absolute Gasteiger partial charge is 0.367 e. The molecule has 0 spiro atoms. The number of benzene rings is 1. The summed E-state index contributed by atoms with van der Waals surface area (Å²) in [5, 5.41) is 0. The maximum atomic E-state index is 12.8. The van der Waals surface area contributed by atoms with Gasteiger partial charge in [-0.25, -0.2) is 0 Å². The summed E-state index contributed by atoms with van der Waals surface area (Å²) in [6.07, 6.45) is 0.321. The van der Waals surface area contributed by atoms with Gasteiger partial charge in [0.1, 0.15) is 0 Å². The van der Waals surface area contributed by atoms with Crippen LogP contribution in [0.15, 0.2) is 42.5 Å². The third-order valence-electron chi connectivity index (χ3n) is 1.88. The lowest BCUT2D eigenvalue weighted by Gasteiger charge is -2.17. The fraction of sp³-hybridized carbons (Fsp3) is 0.182. The number of rotatable bonds is 4. The molecule has 0 aliphatic carbocycles. The van der Waals surface area contributed by atoms with E-state index in [0.717, 1.165) is 0 Å². The van der Waals surface area contributed by atoms with Crippen LogP contribution in [0.5, 0.6) is 0 Å². The second-order valence-electron chi connectivity index (χ2n) is 3.18. The topological polar surface area (TPSA) is 17.1 Å². The molecule has 17 heavy (non-hydrogen) atoms. The molecule has 92 valence electrons. The van der Waals surface area contributed by atoms with E-state index in [1.807, 2.05) is 0 Å². The van der Waals surface area contributed by atoms with Crippen molar-refractivity contribution < 1.29 is 22.4 Å². The molecule has 0 N–H and O–H groups in total. The van der Waals surface area contributed by atoms with Crippen molar-refractivity contribution in [3.63, 3.8) is 0 Å². The van der Waals surface area contributed by atoms with Gasteiger partial charge in [0.15, 0.2) is 5.78 Å². The molecule has 0 saturated heterocycles. The van der Waals surface area contributed by atoms with Crippen molar-refractivity contribution in [3.8, 4) is 0 Å². The van der Waals surface area contributed by atoms with E-state index >= 15 is 0 Å². The molecule has 0 fully saturated rings. The molecule has 0 heterocycles. The number of halogens is 5. The average molecular weight is 311 g/mol. The SMILES string of the molecule is O=C(/C=C/C(F)(F)C(F)(F)Br)c1ccccc1. The Morgan fingerprint density at radius 1 is 1.12 bits per heavy atom. The highest BCUT2D eigenvalue weighted by Crippen LogP contribution is 2.40. The zero-order valence-corrected chi connectivity index (χ0v) is 9.93. The summed E-state index contributed by atoms with van der Waals surface area (Å²) < 4.78 is 50.3. The van der Waals surface area contributed by atoms with Crippen molar-refractivity contribution in [1.29, 1.82) is 0 Å². The number of carbonyl (C=O) groups excluding carboxylic acids is 1. The van der Waals surface area contributed by atoms with E-state index in [0.29, 0.717) is 6.08 Å². The summed E-state index contributed by atoms with van der Waals surface area (Å²) in [6, 6.07) is 7.52. The molecule has 0 saturated carbocycles. The molecule has 1 aromatic carbocycles. The predicted octanol–water partition coefficient (Wildman–Crippen LogP) is 4.05. The smallest absolute Gasteiger partial charge is 0.289 e. The van der Waals surface area contributed by atoms with Crippen molar-refractivity contribution in [3.05, 3.63) is 48.0 Å². The number of allylic oxidation sites excluding steroid dienone is 2. The van der Waals surface area contributed by atoms with E-state index in [2.05, 4.69) is 0 Å². The molecule has 0 aromatic heterocycles. The van der Waals surface area contributed by atoms with Crippen LogP contribution in [0.2, 0.25) is 0 Å². The monoisotopic (exact) mass is 310 g/mol. The van der Waals surface area contributed by atoms with E-state index in [4.69, 9.17) is 0 Å². The molecule has 0 bridgehead atoms. The Hall–Kier alpha value is -1.17. The van der Waals surface area contributed by atoms with Crippen LogP contribution in [0.25, 0.3) is 0 Å². The van der Waals surface area contributed by atoms with Crippen LogP contribution in [0, 0.1) is 0 Å². The van der Waals surface area contributed by atoms with Crippen molar-refractivity contribution in [1.82, 2.24) is 0 Å². The van der Waals surface area contributed by atoms with Crippen LogP contribution < -0.4 is 0 Å². The first-order chi connectivity index (χ1) is 7.74. The van der Waals surface area contributed by atoms with E-state index in [1.165, 1.54) is 24.3 Å². The van der Waals surface area contributed by atoms with Gasteiger partial charge in [-0.05, 0) is 28.1 Å². The van der Waals surface area contributed by atoms with Gasteiger partial charge in [0.2, 0.25) is 0 Å². The summed E-state index contributed by atoms with van der Waals surface area (Å²) in [7, 11) is 0. The van der Waals surface area contributed by atoms with Crippen molar-refractivity contribution in [2.24, 2.45) is 0 Å². The van der Waals surface area contributed by atoms with E-state index in [9.17, 15) is 22.4 Å². The molecule has 0 aliphatic heterocycles. The average Bonchev–Trinajstić information content (AvgIpc) is 2.25. The van der Waals surface area contributed by atoms with E-state index in [-0.39, 0.29) is 11.6 Å². The van der Waals surface area contributed by atoms with Gasteiger partial charge in [0.25, 0.3) is 0 Å². The zero-order valence-electron chi connectivity index (χ0n) is 8.34. The Kier molecular flexibility index (Phi) is 4.08. The minimum atomic E-state index is -4.42. The number of hydrogen-bond donors (Lipinski definition) is 0. The van der Waals surface area contributed by atoms with Gasteiger partial charge in [0.05, 0.1) is 0 Å². The van der Waals surface area contributed by atoms with Crippen LogP contribution in [0.4, 0.5) is 17.6 Å². The molecular formula is C11H7BrF4O. The summed E-state index contributed by atoms with van der Waals surface area (Å²) in [5.74, 6) is -5.18. The first-order valence-corrected chi connectivity index (χ1v) is 5.26. The Bertz CT molecular complexity index is 423. The summed E-state index contributed by atoms with van der Waals surface area (Å²) in [6.45, 7) is 0. The summed E-state index contributed by atoms with van der Waals surface area (Å²) in [4.78, 5) is 6.96. The fourth-order valence-corrected chi connectivity index (χ4v) is 1.11. The van der Waals surface area contributed by atoms with Crippen molar-refractivity contribution >= 4 is 21.7 Å². The van der Waals surface area contributed by atoms with Gasteiger partial charge in [-0.3, -0.25) is 4.79 Å². The third kappa shape index (κ3) is 3.66. The molecule has 1 nitrogen and oxygen atoms in total. The Labute approximate surface area is 103 Å². The minimum Gasteiger partial charge on any atom is -0.289 e. The quantitative estimate of drug-likeness (QED) is 0.355. The number of hydrogen-bond acceptors (Lipinski definition) is 1. The van der Waals surface area contributed by atoms with Gasteiger partial charge >= 0.3 is 10.8 Å². The number of alkyl halides is 5. The third-order valence-corrected chi connectivity index (χ3v) is 2.41. The summed E-state index contributed by atoms with van der Waals surface area (Å²) in [5.41, 5.74) is 0.150. The fourth-order valence-electron chi connectivity index (χ4n) is 0.973. The Morgan fingerprint density at radius 2 is 1.65 bits per heavy atom. The lowest BCUT2D eigenvalue weighted by atomic mass is 10.1. The lowest BCUT2D eigenvalue weighted by Crippen LogP contribution is -2.32. The van der Waals surface area contributed by atoms with Crippen LogP contribution in [0.3, 0.4) is 0 Å². The van der Waals surface area contributed by atoms with Gasteiger partial charge < -0.3 is 0 Å². The van der Waals surface area contributed by atoms with Crippen LogP contribution in [0.1, 0.15) is 10.4 Å². The first-order valence-electron chi connectivity index (χ1n) is 4.47. The normalized spacial score (nSPS) is 13.0. The highest BCUT2D eigenvalue weighted by Gasteiger charge is 2.52. The second-order valence-corrected chi connectivity index (χ2v) is 4.18. The van der Waals surface area contributed by atoms with Gasteiger partial charge in [-0.2, -0.15) is 17.6 Å². The molecule has 0 unspecified atom stereocenters. The van der Waals surface area contributed by atoms with Gasteiger partial charge in [-0.15, -0.1) is 0 Å². The molecular weight excluding hydrogens is 304 g/mol. The Morgan fingerprint density at radius 3 is 2.12 bits per heavy atom. The van der Waals surface area contributed by atoms with Crippen molar-refractivity contribution in [2.45, 2.75) is 10.8 Å². The predicted molar refractivity (Wildman–Crippen MR) is 58.7 cm³/mol. The minimum absolute atomic E-state index is 0.114. The van der Waals surface area contributed by atoms with Crippen LogP contribution in [-0.2, 0) is 0 Å². The highest BCUT2D eigenvalue weighted by atomic mass is 79.9. The highest BCUT2D eigenvalue weighted by molar-refractivity contribution is 9.10. The summed E-state index contributed by atoms with van der Waals surface area (Å²) >= 11 is 1.56. The molecule has 0 aliphatic rings. The molecule has 0 amide bonds. The van der Waals surface area contributed by atoms with Crippen LogP contribution >= 0.6 is 15.9 Å². The Balaban J connectivity index is 2.83. The molecule has 1 aromatic rings. The number of carbonyl (C=O) groups is 1. The van der Waals surface area contributed by atoms with Crippen molar-refractivity contribution in [2.75, 3.05) is 0 Å².